The molecule has 1 rings (SSSR count). The fourth-order valence-electron chi connectivity index (χ4n) is 2.77. The Morgan fingerprint density at radius 1 is 1.00 bits per heavy atom. The molecule has 0 saturated carbocycles. The van der Waals surface area contributed by atoms with Gasteiger partial charge in [-0.2, -0.15) is 0 Å². The summed E-state index contributed by atoms with van der Waals surface area (Å²) in [7, 11) is 0. The van der Waals surface area contributed by atoms with Gasteiger partial charge in [0.15, 0.2) is 0 Å². The number of benzene rings is 1. The highest BCUT2D eigenvalue weighted by molar-refractivity contribution is 5.28. The molecule has 0 aliphatic carbocycles. The highest BCUT2D eigenvalue weighted by Gasteiger charge is 2.13. The fraction of sp³-hybridized carbons (Fsp3) is 0.700. The van der Waals surface area contributed by atoms with Gasteiger partial charge in [0, 0.05) is 19.6 Å². The van der Waals surface area contributed by atoms with Crippen molar-refractivity contribution >= 4 is 0 Å². The maximum atomic E-state index is 10.4. The molecule has 0 aliphatic rings. The van der Waals surface area contributed by atoms with Crippen LogP contribution in [0.3, 0.4) is 0 Å². The molecule has 1 atom stereocenters. The SMILES string of the molecule is CCCOc1ccc(C(O)CCN(CC(C)C)CC(C)C)cc1. The fourth-order valence-corrected chi connectivity index (χ4v) is 2.77. The molecule has 1 unspecified atom stereocenters. The van der Waals surface area contributed by atoms with Gasteiger partial charge in [0.2, 0.25) is 0 Å². The number of ether oxygens (including phenoxy) is 1. The molecule has 0 aromatic heterocycles. The third-order valence-electron chi connectivity index (χ3n) is 3.70. The summed E-state index contributed by atoms with van der Waals surface area (Å²) < 4.78 is 5.59. The molecule has 0 radical (unpaired) electrons. The summed E-state index contributed by atoms with van der Waals surface area (Å²) in [5, 5.41) is 10.4. The second-order valence-corrected chi connectivity index (χ2v) is 7.27. The number of rotatable bonds is 11. The first-order valence-electron chi connectivity index (χ1n) is 9.05. The van der Waals surface area contributed by atoms with E-state index in [0.29, 0.717) is 11.8 Å². The lowest BCUT2D eigenvalue weighted by Crippen LogP contribution is -2.33. The first-order valence-corrected chi connectivity index (χ1v) is 9.05. The molecule has 1 aromatic rings. The van der Waals surface area contributed by atoms with Crippen LogP contribution in [0, 0.1) is 11.8 Å². The second kappa shape index (κ2) is 10.7. The molecular formula is C20H35NO2. The number of hydrogen-bond donors (Lipinski definition) is 1. The molecule has 1 N–H and O–H groups in total. The summed E-state index contributed by atoms with van der Waals surface area (Å²) in [5.74, 6) is 2.19. The van der Waals surface area contributed by atoms with Gasteiger partial charge < -0.3 is 14.7 Å². The quantitative estimate of drug-likeness (QED) is 0.651. The van der Waals surface area contributed by atoms with Crippen molar-refractivity contribution in [3.8, 4) is 5.75 Å². The van der Waals surface area contributed by atoms with Crippen molar-refractivity contribution < 1.29 is 9.84 Å². The van der Waals surface area contributed by atoms with Crippen LogP contribution in [0.5, 0.6) is 5.75 Å². The molecular weight excluding hydrogens is 286 g/mol. The molecule has 1 aromatic carbocycles. The van der Waals surface area contributed by atoms with Gasteiger partial charge in [-0.05, 0) is 42.4 Å². The molecule has 0 amide bonds. The van der Waals surface area contributed by atoms with Crippen molar-refractivity contribution in [1.29, 1.82) is 0 Å². The number of hydrogen-bond acceptors (Lipinski definition) is 3. The Bertz CT molecular complexity index is 404. The van der Waals surface area contributed by atoms with E-state index in [1.807, 2.05) is 24.3 Å². The van der Waals surface area contributed by atoms with E-state index in [9.17, 15) is 5.11 Å². The van der Waals surface area contributed by atoms with Crippen molar-refractivity contribution in [2.24, 2.45) is 11.8 Å². The average molecular weight is 322 g/mol. The summed E-state index contributed by atoms with van der Waals surface area (Å²) in [6, 6.07) is 7.86. The van der Waals surface area contributed by atoms with Gasteiger partial charge in [-0.1, -0.05) is 46.8 Å². The highest BCUT2D eigenvalue weighted by Crippen LogP contribution is 2.21. The lowest BCUT2D eigenvalue weighted by molar-refractivity contribution is 0.131. The van der Waals surface area contributed by atoms with Crippen molar-refractivity contribution in [2.45, 2.75) is 53.6 Å². The molecule has 3 nitrogen and oxygen atoms in total. The normalized spacial score (nSPS) is 13.1. The topological polar surface area (TPSA) is 32.7 Å². The van der Waals surface area contributed by atoms with Crippen molar-refractivity contribution in [1.82, 2.24) is 4.90 Å². The minimum Gasteiger partial charge on any atom is -0.494 e. The van der Waals surface area contributed by atoms with Gasteiger partial charge in [0.05, 0.1) is 12.7 Å². The number of aliphatic hydroxyl groups is 1. The van der Waals surface area contributed by atoms with E-state index in [1.165, 1.54) is 0 Å². The van der Waals surface area contributed by atoms with Crippen LogP contribution >= 0.6 is 0 Å². The average Bonchev–Trinajstić information content (AvgIpc) is 2.49. The number of nitrogens with zero attached hydrogens (tertiary/aromatic N) is 1. The van der Waals surface area contributed by atoms with E-state index in [0.717, 1.165) is 50.4 Å². The third kappa shape index (κ3) is 8.38. The third-order valence-corrected chi connectivity index (χ3v) is 3.70. The van der Waals surface area contributed by atoms with Gasteiger partial charge >= 0.3 is 0 Å². The lowest BCUT2D eigenvalue weighted by Gasteiger charge is -2.27. The Morgan fingerprint density at radius 2 is 1.57 bits per heavy atom. The number of aliphatic hydroxyl groups excluding tert-OH is 1. The van der Waals surface area contributed by atoms with Gasteiger partial charge in [0.1, 0.15) is 5.75 Å². The molecule has 0 saturated heterocycles. The summed E-state index contributed by atoms with van der Waals surface area (Å²) in [4.78, 5) is 2.47. The van der Waals surface area contributed by atoms with Gasteiger partial charge in [0.25, 0.3) is 0 Å². The van der Waals surface area contributed by atoms with Crippen LogP contribution in [0.15, 0.2) is 24.3 Å². The Kier molecular flexibility index (Phi) is 9.27. The van der Waals surface area contributed by atoms with Crippen LogP contribution in [-0.4, -0.2) is 36.2 Å². The zero-order chi connectivity index (χ0) is 17.2. The van der Waals surface area contributed by atoms with E-state index in [4.69, 9.17) is 4.74 Å². The Hall–Kier alpha value is -1.06. The van der Waals surface area contributed by atoms with Gasteiger partial charge in [-0.25, -0.2) is 0 Å². The van der Waals surface area contributed by atoms with E-state index in [-0.39, 0.29) is 0 Å². The highest BCUT2D eigenvalue weighted by atomic mass is 16.5. The summed E-state index contributed by atoms with van der Waals surface area (Å²) >= 11 is 0. The monoisotopic (exact) mass is 321 g/mol. The summed E-state index contributed by atoms with van der Waals surface area (Å²) in [6.45, 7) is 14.9. The summed E-state index contributed by atoms with van der Waals surface area (Å²) in [5.41, 5.74) is 0.975. The van der Waals surface area contributed by atoms with Crippen LogP contribution < -0.4 is 4.74 Å². The zero-order valence-electron chi connectivity index (χ0n) is 15.6. The van der Waals surface area contributed by atoms with Crippen LogP contribution in [0.25, 0.3) is 0 Å². The first-order chi connectivity index (χ1) is 10.9. The first kappa shape index (κ1) is 20.0. The van der Waals surface area contributed by atoms with Crippen LogP contribution in [0.2, 0.25) is 0 Å². The van der Waals surface area contributed by atoms with E-state index >= 15 is 0 Å². The van der Waals surface area contributed by atoms with Crippen molar-refractivity contribution in [3.63, 3.8) is 0 Å². The van der Waals surface area contributed by atoms with Crippen molar-refractivity contribution in [2.75, 3.05) is 26.2 Å². The molecule has 132 valence electrons. The maximum absolute atomic E-state index is 10.4. The van der Waals surface area contributed by atoms with Crippen LogP contribution in [0.4, 0.5) is 0 Å². The summed E-state index contributed by atoms with van der Waals surface area (Å²) in [6.07, 6.45) is 1.37. The Balaban J connectivity index is 2.51. The second-order valence-electron chi connectivity index (χ2n) is 7.27. The molecule has 0 fully saturated rings. The van der Waals surface area contributed by atoms with Crippen LogP contribution in [-0.2, 0) is 0 Å². The predicted octanol–water partition coefficient (Wildman–Crippen LogP) is 4.51. The molecule has 0 heterocycles. The predicted molar refractivity (Wildman–Crippen MR) is 97.9 cm³/mol. The lowest BCUT2D eigenvalue weighted by atomic mass is 10.1. The van der Waals surface area contributed by atoms with E-state index in [2.05, 4.69) is 39.5 Å². The molecule has 0 bridgehead atoms. The molecule has 3 heteroatoms. The molecule has 0 aliphatic heterocycles. The Morgan fingerprint density at radius 3 is 2.04 bits per heavy atom. The van der Waals surface area contributed by atoms with E-state index < -0.39 is 6.10 Å². The van der Waals surface area contributed by atoms with Gasteiger partial charge in [-0.3, -0.25) is 0 Å². The molecule has 0 spiro atoms. The molecule has 23 heavy (non-hydrogen) atoms. The standard InChI is InChI=1S/C20H35NO2/c1-6-13-23-19-9-7-18(8-10-19)20(22)11-12-21(14-16(2)3)15-17(4)5/h7-10,16-17,20,22H,6,11-15H2,1-5H3. The largest absolute Gasteiger partial charge is 0.494 e. The zero-order valence-corrected chi connectivity index (χ0v) is 15.6. The Labute approximate surface area is 142 Å². The smallest absolute Gasteiger partial charge is 0.119 e. The van der Waals surface area contributed by atoms with E-state index in [1.54, 1.807) is 0 Å². The van der Waals surface area contributed by atoms with Crippen LogP contribution in [0.1, 0.15) is 59.1 Å². The maximum Gasteiger partial charge on any atom is 0.119 e. The van der Waals surface area contributed by atoms with Crippen molar-refractivity contribution in [3.05, 3.63) is 29.8 Å². The van der Waals surface area contributed by atoms with Gasteiger partial charge in [-0.15, -0.1) is 0 Å². The minimum atomic E-state index is -0.406. The minimum absolute atomic E-state index is 0.406.